The number of halogens is 1. The van der Waals surface area contributed by atoms with Gasteiger partial charge in [-0.15, -0.1) is 0 Å². The highest BCUT2D eigenvalue weighted by Crippen LogP contribution is 2.17. The fraction of sp³-hybridized carbons (Fsp3) is 0.462. The van der Waals surface area contributed by atoms with Gasteiger partial charge < -0.3 is 9.88 Å². The Morgan fingerprint density at radius 1 is 1.37 bits per heavy atom. The van der Waals surface area contributed by atoms with E-state index in [9.17, 15) is 0 Å². The summed E-state index contributed by atoms with van der Waals surface area (Å²) < 4.78 is 2.89. The Morgan fingerprint density at radius 3 is 2.89 bits per heavy atom. The minimum Gasteiger partial charge on any atom is -0.370 e. The van der Waals surface area contributed by atoms with E-state index in [-0.39, 0.29) is 0 Å². The standard InChI is InChI=1S/C13H18BrN5/c1-10(2)13-17-11(14)8-12(18-13)16-4-3-6-19-7-5-15-9-19/h5,7-10H,3-4,6H2,1-2H3,(H,16,17,18). The number of aryl methyl sites for hydroxylation is 1. The Balaban J connectivity index is 1.85. The molecular weight excluding hydrogens is 306 g/mol. The van der Waals surface area contributed by atoms with E-state index in [1.807, 2.05) is 18.6 Å². The van der Waals surface area contributed by atoms with E-state index in [4.69, 9.17) is 0 Å². The Hall–Kier alpha value is -1.43. The number of anilines is 1. The number of nitrogens with one attached hydrogen (secondary N) is 1. The molecule has 2 aromatic heterocycles. The third-order valence-electron chi connectivity index (χ3n) is 2.69. The first-order valence-corrected chi connectivity index (χ1v) is 7.18. The second-order valence-electron chi connectivity index (χ2n) is 4.67. The van der Waals surface area contributed by atoms with Crippen molar-refractivity contribution in [2.24, 2.45) is 0 Å². The van der Waals surface area contributed by atoms with Crippen molar-refractivity contribution >= 4 is 21.7 Å². The average Bonchev–Trinajstić information content (AvgIpc) is 2.87. The lowest BCUT2D eigenvalue weighted by molar-refractivity contribution is 0.659. The quantitative estimate of drug-likeness (QED) is 0.655. The molecule has 1 N–H and O–H groups in total. The average molecular weight is 324 g/mol. The van der Waals surface area contributed by atoms with E-state index < -0.39 is 0 Å². The fourth-order valence-corrected chi connectivity index (χ4v) is 2.08. The van der Waals surface area contributed by atoms with Crippen molar-refractivity contribution < 1.29 is 0 Å². The molecule has 19 heavy (non-hydrogen) atoms. The van der Waals surface area contributed by atoms with Crippen molar-refractivity contribution in [3.63, 3.8) is 0 Å². The van der Waals surface area contributed by atoms with Gasteiger partial charge in [-0.2, -0.15) is 0 Å². The van der Waals surface area contributed by atoms with Crippen molar-refractivity contribution in [1.29, 1.82) is 0 Å². The third-order valence-corrected chi connectivity index (χ3v) is 3.09. The van der Waals surface area contributed by atoms with Crippen LogP contribution >= 0.6 is 15.9 Å². The van der Waals surface area contributed by atoms with Crippen LogP contribution in [0.2, 0.25) is 0 Å². The molecule has 0 unspecified atom stereocenters. The molecule has 0 aromatic carbocycles. The molecule has 0 saturated carbocycles. The van der Waals surface area contributed by atoms with Crippen LogP contribution in [0.5, 0.6) is 0 Å². The summed E-state index contributed by atoms with van der Waals surface area (Å²) >= 11 is 3.42. The van der Waals surface area contributed by atoms with Crippen LogP contribution in [0.4, 0.5) is 5.82 Å². The van der Waals surface area contributed by atoms with Gasteiger partial charge in [-0.3, -0.25) is 0 Å². The SMILES string of the molecule is CC(C)c1nc(Br)cc(NCCCn2ccnc2)n1. The van der Waals surface area contributed by atoms with Crippen molar-refractivity contribution in [1.82, 2.24) is 19.5 Å². The van der Waals surface area contributed by atoms with Crippen LogP contribution in [0.1, 0.15) is 32.0 Å². The fourth-order valence-electron chi connectivity index (χ4n) is 1.68. The Labute approximate surface area is 121 Å². The first kappa shape index (κ1) is 14.0. The maximum absolute atomic E-state index is 4.50. The summed E-state index contributed by atoms with van der Waals surface area (Å²) in [6, 6.07) is 1.91. The minimum atomic E-state index is 0.323. The summed E-state index contributed by atoms with van der Waals surface area (Å²) in [6.07, 6.45) is 6.62. The molecular formula is C13H18BrN5. The van der Waals surface area contributed by atoms with Crippen LogP contribution in [0.3, 0.4) is 0 Å². The van der Waals surface area contributed by atoms with Crippen molar-refractivity contribution in [3.05, 3.63) is 35.2 Å². The van der Waals surface area contributed by atoms with Gasteiger partial charge in [0, 0.05) is 37.5 Å². The van der Waals surface area contributed by atoms with Gasteiger partial charge in [-0.05, 0) is 22.4 Å². The largest absolute Gasteiger partial charge is 0.370 e. The second kappa shape index (κ2) is 6.65. The lowest BCUT2D eigenvalue weighted by atomic mass is 10.2. The smallest absolute Gasteiger partial charge is 0.134 e. The summed E-state index contributed by atoms with van der Waals surface area (Å²) in [6.45, 7) is 6.00. The van der Waals surface area contributed by atoms with Crippen LogP contribution in [-0.4, -0.2) is 26.1 Å². The summed E-state index contributed by atoms with van der Waals surface area (Å²) in [4.78, 5) is 12.9. The first-order valence-electron chi connectivity index (χ1n) is 6.39. The predicted octanol–water partition coefficient (Wildman–Crippen LogP) is 3.06. The van der Waals surface area contributed by atoms with Gasteiger partial charge in [-0.1, -0.05) is 13.8 Å². The highest BCUT2D eigenvalue weighted by Gasteiger charge is 2.06. The van der Waals surface area contributed by atoms with Gasteiger partial charge in [0.2, 0.25) is 0 Å². The maximum Gasteiger partial charge on any atom is 0.134 e. The third kappa shape index (κ3) is 4.31. The van der Waals surface area contributed by atoms with Crippen molar-refractivity contribution in [3.8, 4) is 0 Å². The monoisotopic (exact) mass is 323 g/mol. The Kier molecular flexibility index (Phi) is 4.90. The lowest BCUT2D eigenvalue weighted by Gasteiger charge is -2.09. The molecule has 0 radical (unpaired) electrons. The van der Waals surface area contributed by atoms with Gasteiger partial charge in [0.15, 0.2) is 0 Å². The summed E-state index contributed by atoms with van der Waals surface area (Å²) in [5.74, 6) is 2.05. The van der Waals surface area contributed by atoms with E-state index >= 15 is 0 Å². The summed E-state index contributed by atoms with van der Waals surface area (Å²) in [5.41, 5.74) is 0. The van der Waals surface area contributed by atoms with E-state index in [0.29, 0.717) is 5.92 Å². The molecule has 0 amide bonds. The van der Waals surface area contributed by atoms with Crippen LogP contribution in [0.25, 0.3) is 0 Å². The van der Waals surface area contributed by atoms with E-state index in [1.165, 1.54) is 0 Å². The second-order valence-corrected chi connectivity index (χ2v) is 5.48. The molecule has 102 valence electrons. The summed E-state index contributed by atoms with van der Waals surface area (Å²) in [7, 11) is 0. The molecule has 2 aromatic rings. The first-order chi connectivity index (χ1) is 9.15. The zero-order valence-electron chi connectivity index (χ0n) is 11.2. The van der Waals surface area contributed by atoms with E-state index in [0.717, 1.165) is 35.8 Å². The van der Waals surface area contributed by atoms with Crippen molar-refractivity contribution in [2.75, 3.05) is 11.9 Å². The highest BCUT2D eigenvalue weighted by atomic mass is 79.9. The molecule has 0 saturated heterocycles. The molecule has 5 nitrogen and oxygen atoms in total. The normalized spacial score (nSPS) is 10.9. The number of aromatic nitrogens is 4. The molecule has 0 fully saturated rings. The summed E-state index contributed by atoms with van der Waals surface area (Å²) in [5, 5.41) is 3.33. The van der Waals surface area contributed by atoms with Gasteiger partial charge >= 0.3 is 0 Å². The van der Waals surface area contributed by atoms with Gasteiger partial charge in [0.25, 0.3) is 0 Å². The number of hydrogen-bond donors (Lipinski definition) is 1. The van der Waals surface area contributed by atoms with Crippen LogP contribution < -0.4 is 5.32 Å². The minimum absolute atomic E-state index is 0.323. The Morgan fingerprint density at radius 2 is 2.21 bits per heavy atom. The maximum atomic E-state index is 4.50. The molecule has 2 rings (SSSR count). The highest BCUT2D eigenvalue weighted by molar-refractivity contribution is 9.10. The predicted molar refractivity (Wildman–Crippen MR) is 79.2 cm³/mol. The number of hydrogen-bond acceptors (Lipinski definition) is 4. The molecule has 6 heteroatoms. The van der Waals surface area contributed by atoms with Crippen LogP contribution in [0.15, 0.2) is 29.4 Å². The zero-order chi connectivity index (χ0) is 13.7. The molecule has 0 aliphatic carbocycles. The topological polar surface area (TPSA) is 55.6 Å². The van der Waals surface area contributed by atoms with Crippen LogP contribution in [-0.2, 0) is 6.54 Å². The molecule has 0 spiro atoms. The Bertz CT molecular complexity index is 510. The molecule has 0 bridgehead atoms. The van der Waals surface area contributed by atoms with Crippen LogP contribution in [0, 0.1) is 0 Å². The number of nitrogens with zero attached hydrogens (tertiary/aromatic N) is 4. The van der Waals surface area contributed by atoms with Gasteiger partial charge in [0.1, 0.15) is 16.2 Å². The lowest BCUT2D eigenvalue weighted by Crippen LogP contribution is -2.09. The number of rotatable bonds is 6. The number of imidazole rings is 1. The van der Waals surface area contributed by atoms with Gasteiger partial charge in [0.05, 0.1) is 6.33 Å². The molecule has 0 aliphatic rings. The molecule has 0 atom stereocenters. The van der Waals surface area contributed by atoms with Gasteiger partial charge in [-0.25, -0.2) is 15.0 Å². The molecule has 2 heterocycles. The van der Waals surface area contributed by atoms with E-state index in [1.54, 1.807) is 6.20 Å². The van der Waals surface area contributed by atoms with E-state index in [2.05, 4.69) is 54.6 Å². The van der Waals surface area contributed by atoms with Crippen molar-refractivity contribution in [2.45, 2.75) is 32.7 Å². The molecule has 0 aliphatic heterocycles. The zero-order valence-corrected chi connectivity index (χ0v) is 12.8.